The maximum Gasteiger partial charge on any atom is 0.0700 e. The molecule has 0 spiro atoms. The molecule has 1 rings (SSSR count). The van der Waals surface area contributed by atoms with Crippen molar-refractivity contribution >= 4 is 0 Å². The van der Waals surface area contributed by atoms with Gasteiger partial charge in [0, 0.05) is 13.2 Å². The summed E-state index contributed by atoms with van der Waals surface area (Å²) < 4.78 is 5.44. The third-order valence-corrected chi connectivity index (χ3v) is 1.92. The lowest BCUT2D eigenvalue weighted by Crippen LogP contribution is -2.26. The van der Waals surface area contributed by atoms with E-state index >= 15 is 0 Å². The molecule has 1 heterocycles. The Morgan fingerprint density at radius 2 is 2.55 bits per heavy atom. The van der Waals surface area contributed by atoms with Gasteiger partial charge in [0.1, 0.15) is 0 Å². The molecular formula is C9H17NO. The van der Waals surface area contributed by atoms with Crippen LogP contribution in [0.4, 0.5) is 0 Å². The molecule has 0 amide bonds. The first-order chi connectivity index (χ1) is 5.43. The summed E-state index contributed by atoms with van der Waals surface area (Å²) in [6.45, 7) is 6.65. The lowest BCUT2D eigenvalue weighted by molar-refractivity contribution is 0.110. The van der Waals surface area contributed by atoms with Crippen molar-refractivity contribution in [2.24, 2.45) is 0 Å². The van der Waals surface area contributed by atoms with E-state index < -0.39 is 0 Å². The molecule has 0 saturated carbocycles. The van der Waals surface area contributed by atoms with Gasteiger partial charge in [-0.15, -0.1) is 6.58 Å². The molecule has 1 aliphatic heterocycles. The quantitative estimate of drug-likeness (QED) is 0.477. The fourth-order valence-electron chi connectivity index (χ4n) is 1.27. The van der Waals surface area contributed by atoms with Crippen LogP contribution in [0.15, 0.2) is 12.7 Å². The Balaban J connectivity index is 1.89. The molecule has 0 radical (unpaired) electrons. The molecule has 1 atom stereocenters. The highest BCUT2D eigenvalue weighted by Crippen LogP contribution is 2.10. The lowest BCUT2D eigenvalue weighted by atomic mass is 10.2. The first-order valence-corrected chi connectivity index (χ1v) is 4.36. The van der Waals surface area contributed by atoms with Gasteiger partial charge >= 0.3 is 0 Å². The summed E-state index contributed by atoms with van der Waals surface area (Å²) in [5.41, 5.74) is 0. The van der Waals surface area contributed by atoms with Crippen molar-refractivity contribution in [1.29, 1.82) is 0 Å². The average Bonchev–Trinajstić information content (AvgIpc) is 2.50. The Kier molecular flexibility index (Phi) is 4.24. The monoisotopic (exact) mass is 155 g/mol. The summed E-state index contributed by atoms with van der Waals surface area (Å²) in [5.74, 6) is 0. The molecule has 1 N–H and O–H groups in total. The highest BCUT2D eigenvalue weighted by Gasteiger charge is 2.13. The van der Waals surface area contributed by atoms with E-state index in [0.29, 0.717) is 6.10 Å². The summed E-state index contributed by atoms with van der Waals surface area (Å²) >= 11 is 0. The van der Waals surface area contributed by atoms with Gasteiger partial charge in [0.05, 0.1) is 6.10 Å². The second kappa shape index (κ2) is 5.33. The van der Waals surface area contributed by atoms with Gasteiger partial charge in [0.2, 0.25) is 0 Å². The van der Waals surface area contributed by atoms with Crippen molar-refractivity contribution in [3.8, 4) is 0 Å². The predicted molar refractivity (Wildman–Crippen MR) is 46.7 cm³/mol. The molecular weight excluding hydrogens is 138 g/mol. The molecule has 1 aliphatic rings. The van der Waals surface area contributed by atoms with E-state index in [4.69, 9.17) is 4.74 Å². The molecule has 0 aromatic heterocycles. The smallest absolute Gasteiger partial charge is 0.0700 e. The highest BCUT2D eigenvalue weighted by molar-refractivity contribution is 4.71. The van der Waals surface area contributed by atoms with Gasteiger partial charge in [-0.05, 0) is 25.8 Å². The van der Waals surface area contributed by atoms with Crippen LogP contribution < -0.4 is 5.32 Å². The van der Waals surface area contributed by atoms with Crippen LogP contribution in [0.3, 0.4) is 0 Å². The van der Waals surface area contributed by atoms with E-state index in [9.17, 15) is 0 Å². The first-order valence-electron chi connectivity index (χ1n) is 4.36. The normalized spacial score (nSPS) is 23.8. The Morgan fingerprint density at radius 1 is 1.64 bits per heavy atom. The van der Waals surface area contributed by atoms with E-state index in [1.165, 1.54) is 12.8 Å². The van der Waals surface area contributed by atoms with Crippen LogP contribution in [0.1, 0.15) is 19.3 Å². The van der Waals surface area contributed by atoms with E-state index in [-0.39, 0.29) is 0 Å². The third kappa shape index (κ3) is 3.54. The number of nitrogens with one attached hydrogen (secondary N) is 1. The standard InChI is InChI=1S/C9H17NO/c1-2-3-6-10-8-9-5-4-7-11-9/h2,9-10H,1,3-8H2. The molecule has 1 fully saturated rings. The van der Waals surface area contributed by atoms with Crippen molar-refractivity contribution < 1.29 is 4.74 Å². The Bertz CT molecular complexity index is 108. The van der Waals surface area contributed by atoms with Crippen LogP contribution in [0.2, 0.25) is 0 Å². The first kappa shape index (κ1) is 8.75. The predicted octanol–water partition coefficient (Wildman–Crippen LogP) is 1.33. The summed E-state index contributed by atoms with van der Waals surface area (Å²) in [6.07, 6.45) is 5.91. The van der Waals surface area contributed by atoms with Gasteiger partial charge in [0.15, 0.2) is 0 Å². The maximum atomic E-state index is 5.44. The molecule has 1 saturated heterocycles. The zero-order valence-corrected chi connectivity index (χ0v) is 7.01. The summed E-state index contributed by atoms with van der Waals surface area (Å²) in [4.78, 5) is 0. The summed E-state index contributed by atoms with van der Waals surface area (Å²) in [7, 11) is 0. The van der Waals surface area contributed by atoms with Gasteiger partial charge in [-0.2, -0.15) is 0 Å². The minimum atomic E-state index is 0.472. The Morgan fingerprint density at radius 3 is 3.18 bits per heavy atom. The topological polar surface area (TPSA) is 21.3 Å². The van der Waals surface area contributed by atoms with E-state index in [2.05, 4.69) is 11.9 Å². The van der Waals surface area contributed by atoms with Gasteiger partial charge in [-0.25, -0.2) is 0 Å². The van der Waals surface area contributed by atoms with Crippen LogP contribution in [0.25, 0.3) is 0 Å². The van der Waals surface area contributed by atoms with Gasteiger partial charge in [-0.1, -0.05) is 6.08 Å². The minimum absolute atomic E-state index is 0.472. The SMILES string of the molecule is C=CCCNCC1CCCO1. The van der Waals surface area contributed by atoms with E-state index in [0.717, 1.165) is 26.1 Å². The van der Waals surface area contributed by atoms with Crippen LogP contribution in [-0.4, -0.2) is 25.8 Å². The van der Waals surface area contributed by atoms with Crippen molar-refractivity contribution in [2.45, 2.75) is 25.4 Å². The molecule has 2 heteroatoms. The van der Waals surface area contributed by atoms with Crippen LogP contribution in [0.5, 0.6) is 0 Å². The lowest BCUT2D eigenvalue weighted by Gasteiger charge is -2.09. The molecule has 1 unspecified atom stereocenters. The van der Waals surface area contributed by atoms with Crippen molar-refractivity contribution in [1.82, 2.24) is 5.32 Å². The van der Waals surface area contributed by atoms with Crippen molar-refractivity contribution in [2.75, 3.05) is 19.7 Å². The Labute approximate surface area is 68.6 Å². The molecule has 0 aromatic rings. The van der Waals surface area contributed by atoms with Gasteiger partial charge in [0.25, 0.3) is 0 Å². The fourth-order valence-corrected chi connectivity index (χ4v) is 1.27. The molecule has 0 aliphatic carbocycles. The molecule has 2 nitrogen and oxygen atoms in total. The largest absolute Gasteiger partial charge is 0.377 e. The fraction of sp³-hybridized carbons (Fsp3) is 0.778. The number of hydrogen-bond acceptors (Lipinski definition) is 2. The zero-order chi connectivity index (χ0) is 7.94. The summed E-state index contributed by atoms with van der Waals surface area (Å²) in [5, 5.41) is 3.33. The van der Waals surface area contributed by atoms with Crippen molar-refractivity contribution in [3.63, 3.8) is 0 Å². The molecule has 64 valence electrons. The number of hydrogen-bond donors (Lipinski definition) is 1. The summed E-state index contributed by atoms with van der Waals surface area (Å²) in [6, 6.07) is 0. The van der Waals surface area contributed by atoms with Crippen LogP contribution >= 0.6 is 0 Å². The van der Waals surface area contributed by atoms with Gasteiger partial charge < -0.3 is 10.1 Å². The van der Waals surface area contributed by atoms with E-state index in [1.54, 1.807) is 0 Å². The second-order valence-corrected chi connectivity index (χ2v) is 2.92. The van der Waals surface area contributed by atoms with E-state index in [1.807, 2.05) is 6.08 Å². The van der Waals surface area contributed by atoms with Crippen LogP contribution in [-0.2, 0) is 4.74 Å². The molecule has 0 bridgehead atoms. The average molecular weight is 155 g/mol. The minimum Gasteiger partial charge on any atom is -0.377 e. The number of rotatable bonds is 5. The molecule has 0 aromatic carbocycles. The zero-order valence-electron chi connectivity index (χ0n) is 7.01. The highest BCUT2D eigenvalue weighted by atomic mass is 16.5. The second-order valence-electron chi connectivity index (χ2n) is 2.92. The van der Waals surface area contributed by atoms with Gasteiger partial charge in [-0.3, -0.25) is 0 Å². The Hall–Kier alpha value is -0.340. The number of ether oxygens (including phenoxy) is 1. The third-order valence-electron chi connectivity index (χ3n) is 1.92. The van der Waals surface area contributed by atoms with Crippen LogP contribution in [0, 0.1) is 0 Å². The van der Waals surface area contributed by atoms with Crippen molar-refractivity contribution in [3.05, 3.63) is 12.7 Å². The molecule has 11 heavy (non-hydrogen) atoms. The maximum absolute atomic E-state index is 5.44.